The SMILES string of the molecule is Cc1cc(-c2[nH]c3ccc(C4CCNCC4)cc3c2C(C)C)nn(C)c1=O. The predicted octanol–water partition coefficient (Wildman–Crippen LogP) is 3.83. The van der Waals surface area contributed by atoms with Crippen molar-refractivity contribution in [1.29, 1.82) is 0 Å². The average molecular weight is 364 g/mol. The van der Waals surface area contributed by atoms with Crippen molar-refractivity contribution in [2.45, 2.75) is 45.4 Å². The van der Waals surface area contributed by atoms with Gasteiger partial charge >= 0.3 is 0 Å². The molecule has 3 aromatic rings. The third-order valence-electron chi connectivity index (χ3n) is 5.75. The Balaban J connectivity index is 1.88. The number of fused-ring (bicyclic) bond motifs is 1. The van der Waals surface area contributed by atoms with Crippen molar-refractivity contribution in [3.63, 3.8) is 0 Å². The van der Waals surface area contributed by atoms with Crippen LogP contribution in [0.5, 0.6) is 0 Å². The number of aromatic nitrogens is 3. The molecule has 0 unspecified atom stereocenters. The van der Waals surface area contributed by atoms with Crippen LogP contribution in [0.3, 0.4) is 0 Å². The van der Waals surface area contributed by atoms with Crippen molar-refractivity contribution >= 4 is 10.9 Å². The van der Waals surface area contributed by atoms with Crippen LogP contribution < -0.4 is 10.9 Å². The lowest BCUT2D eigenvalue weighted by Gasteiger charge is -2.23. The molecule has 0 bridgehead atoms. The van der Waals surface area contributed by atoms with Gasteiger partial charge in [0.2, 0.25) is 0 Å². The summed E-state index contributed by atoms with van der Waals surface area (Å²) in [6.07, 6.45) is 2.39. The molecule has 0 amide bonds. The maximum atomic E-state index is 12.0. The maximum Gasteiger partial charge on any atom is 0.269 e. The molecule has 0 atom stereocenters. The highest BCUT2D eigenvalue weighted by atomic mass is 16.1. The van der Waals surface area contributed by atoms with Gasteiger partial charge in [-0.2, -0.15) is 5.10 Å². The van der Waals surface area contributed by atoms with Crippen molar-refractivity contribution < 1.29 is 0 Å². The summed E-state index contributed by atoms with van der Waals surface area (Å²) >= 11 is 0. The Kier molecular flexibility index (Phi) is 4.64. The van der Waals surface area contributed by atoms with Gasteiger partial charge in [-0.05, 0) is 74.0 Å². The summed E-state index contributed by atoms with van der Waals surface area (Å²) < 4.78 is 1.43. The van der Waals surface area contributed by atoms with Gasteiger partial charge < -0.3 is 10.3 Å². The fourth-order valence-electron chi connectivity index (χ4n) is 4.32. The number of rotatable bonds is 3. The summed E-state index contributed by atoms with van der Waals surface area (Å²) in [6.45, 7) is 8.48. The molecule has 3 heterocycles. The van der Waals surface area contributed by atoms with Crippen LogP contribution in [0.2, 0.25) is 0 Å². The summed E-state index contributed by atoms with van der Waals surface area (Å²) in [5, 5.41) is 9.25. The van der Waals surface area contributed by atoms with Gasteiger partial charge in [-0.3, -0.25) is 4.79 Å². The fraction of sp³-hybridized carbons (Fsp3) is 0.455. The first-order valence-electron chi connectivity index (χ1n) is 9.87. The van der Waals surface area contributed by atoms with E-state index in [1.807, 2.05) is 13.0 Å². The summed E-state index contributed by atoms with van der Waals surface area (Å²) in [7, 11) is 1.71. The highest BCUT2D eigenvalue weighted by Crippen LogP contribution is 2.37. The molecule has 5 nitrogen and oxygen atoms in total. The van der Waals surface area contributed by atoms with Gasteiger partial charge in [0.15, 0.2) is 0 Å². The standard InChI is InChI=1S/C22H28N4O/c1-13(2)20-17-12-16(15-7-9-23-10-8-15)5-6-18(17)24-21(20)19-11-14(3)22(27)26(4)25-19/h5-6,11-13,15,23-24H,7-10H2,1-4H3. The Bertz CT molecular complexity index is 1010. The second kappa shape index (κ2) is 6.97. The summed E-state index contributed by atoms with van der Waals surface area (Å²) in [5.74, 6) is 0.989. The van der Waals surface area contributed by atoms with Crippen LogP contribution in [-0.4, -0.2) is 27.9 Å². The Morgan fingerprint density at radius 1 is 1.19 bits per heavy atom. The van der Waals surface area contributed by atoms with Crippen LogP contribution in [0.1, 0.15) is 55.2 Å². The highest BCUT2D eigenvalue weighted by Gasteiger charge is 2.21. The molecule has 0 saturated carbocycles. The lowest BCUT2D eigenvalue weighted by atomic mass is 9.88. The number of nitrogens with zero attached hydrogens (tertiary/aromatic N) is 2. The number of hydrogen-bond donors (Lipinski definition) is 2. The van der Waals surface area contributed by atoms with Gasteiger partial charge in [-0.15, -0.1) is 0 Å². The van der Waals surface area contributed by atoms with E-state index in [4.69, 9.17) is 0 Å². The Morgan fingerprint density at radius 3 is 2.59 bits per heavy atom. The Labute approximate surface area is 159 Å². The second-order valence-corrected chi connectivity index (χ2v) is 8.04. The smallest absolute Gasteiger partial charge is 0.269 e. The first-order valence-corrected chi connectivity index (χ1v) is 9.87. The Hall–Kier alpha value is -2.40. The summed E-state index contributed by atoms with van der Waals surface area (Å²) in [5.41, 5.74) is 6.38. The first-order chi connectivity index (χ1) is 13.0. The number of piperidine rings is 1. The zero-order valence-electron chi connectivity index (χ0n) is 16.6. The molecule has 1 aliphatic rings. The van der Waals surface area contributed by atoms with E-state index in [1.54, 1.807) is 7.05 Å². The first kappa shape index (κ1) is 18.0. The van der Waals surface area contributed by atoms with E-state index in [0.717, 1.165) is 30.0 Å². The third kappa shape index (κ3) is 3.21. The monoisotopic (exact) mass is 364 g/mol. The fourth-order valence-corrected chi connectivity index (χ4v) is 4.32. The quantitative estimate of drug-likeness (QED) is 0.742. The van der Waals surface area contributed by atoms with E-state index in [0.29, 0.717) is 17.4 Å². The number of nitrogens with one attached hydrogen (secondary N) is 2. The molecule has 0 radical (unpaired) electrons. The largest absolute Gasteiger partial charge is 0.353 e. The highest BCUT2D eigenvalue weighted by molar-refractivity contribution is 5.91. The second-order valence-electron chi connectivity index (χ2n) is 8.04. The number of aromatic amines is 1. The third-order valence-corrected chi connectivity index (χ3v) is 5.75. The van der Waals surface area contributed by atoms with E-state index in [1.165, 1.54) is 34.0 Å². The summed E-state index contributed by atoms with van der Waals surface area (Å²) in [6, 6.07) is 8.74. The van der Waals surface area contributed by atoms with Crippen molar-refractivity contribution in [3.05, 3.63) is 51.3 Å². The van der Waals surface area contributed by atoms with Crippen LogP contribution in [-0.2, 0) is 7.05 Å². The van der Waals surface area contributed by atoms with Crippen LogP contribution >= 0.6 is 0 Å². The van der Waals surface area contributed by atoms with E-state index in [2.05, 4.69) is 47.4 Å². The lowest BCUT2D eigenvalue weighted by Crippen LogP contribution is -2.26. The number of aryl methyl sites for hydroxylation is 2. The molecule has 1 aromatic carbocycles. The van der Waals surface area contributed by atoms with Crippen LogP contribution in [0.15, 0.2) is 29.1 Å². The molecular formula is C22H28N4O. The molecular weight excluding hydrogens is 336 g/mol. The van der Waals surface area contributed by atoms with Crippen molar-refractivity contribution in [3.8, 4) is 11.4 Å². The minimum Gasteiger partial charge on any atom is -0.353 e. The Morgan fingerprint density at radius 2 is 1.93 bits per heavy atom. The summed E-state index contributed by atoms with van der Waals surface area (Å²) in [4.78, 5) is 15.6. The normalized spacial score (nSPS) is 15.7. The van der Waals surface area contributed by atoms with Gasteiger partial charge in [0.05, 0.1) is 5.69 Å². The van der Waals surface area contributed by atoms with Crippen LogP contribution in [0.4, 0.5) is 0 Å². The molecule has 2 aromatic heterocycles. The number of hydrogen-bond acceptors (Lipinski definition) is 3. The van der Waals surface area contributed by atoms with Gasteiger partial charge in [0.1, 0.15) is 5.69 Å². The molecule has 0 aliphatic carbocycles. The minimum atomic E-state index is -0.0471. The number of benzene rings is 1. The zero-order chi connectivity index (χ0) is 19.1. The molecule has 0 spiro atoms. The van der Waals surface area contributed by atoms with Crippen molar-refractivity contribution in [2.24, 2.45) is 7.05 Å². The average Bonchev–Trinajstić information content (AvgIpc) is 3.05. The van der Waals surface area contributed by atoms with Gasteiger partial charge in [0.25, 0.3) is 5.56 Å². The lowest BCUT2D eigenvalue weighted by molar-refractivity contribution is 0.460. The molecule has 1 saturated heterocycles. The zero-order valence-corrected chi connectivity index (χ0v) is 16.6. The van der Waals surface area contributed by atoms with Crippen molar-refractivity contribution in [2.75, 3.05) is 13.1 Å². The number of H-pyrrole nitrogens is 1. The topological polar surface area (TPSA) is 62.7 Å². The molecule has 142 valence electrons. The molecule has 1 fully saturated rings. The molecule has 27 heavy (non-hydrogen) atoms. The van der Waals surface area contributed by atoms with Crippen molar-refractivity contribution in [1.82, 2.24) is 20.1 Å². The van der Waals surface area contributed by atoms with E-state index in [-0.39, 0.29) is 5.56 Å². The molecule has 5 heteroatoms. The van der Waals surface area contributed by atoms with E-state index < -0.39 is 0 Å². The van der Waals surface area contributed by atoms with Crippen LogP contribution in [0, 0.1) is 6.92 Å². The van der Waals surface area contributed by atoms with Gasteiger partial charge in [-0.1, -0.05) is 19.9 Å². The van der Waals surface area contributed by atoms with Gasteiger partial charge in [-0.25, -0.2) is 4.68 Å². The molecule has 4 rings (SSSR count). The molecule has 1 aliphatic heterocycles. The minimum absolute atomic E-state index is 0.0471. The van der Waals surface area contributed by atoms with Gasteiger partial charge in [0, 0.05) is 23.5 Å². The van der Waals surface area contributed by atoms with E-state index in [9.17, 15) is 4.79 Å². The molecule has 2 N–H and O–H groups in total. The predicted molar refractivity (Wildman–Crippen MR) is 110 cm³/mol. The maximum absolute atomic E-state index is 12.0. The van der Waals surface area contributed by atoms with E-state index >= 15 is 0 Å². The van der Waals surface area contributed by atoms with Crippen LogP contribution in [0.25, 0.3) is 22.3 Å².